The predicted molar refractivity (Wildman–Crippen MR) is 128 cm³/mol. The maximum Gasteiger partial charge on any atom is 0.266 e. The van der Waals surface area contributed by atoms with Crippen LogP contribution in [0.5, 0.6) is 5.75 Å². The third-order valence-corrected chi connectivity index (χ3v) is 6.70. The first kappa shape index (κ1) is 20.1. The van der Waals surface area contributed by atoms with Gasteiger partial charge in [-0.15, -0.1) is 0 Å². The van der Waals surface area contributed by atoms with Crippen LogP contribution < -0.4 is 4.74 Å². The van der Waals surface area contributed by atoms with Crippen molar-refractivity contribution >= 4 is 67.0 Å². The lowest BCUT2D eigenvalue weighted by Gasteiger charge is -2.11. The standard InChI is InChI=1S/C23H18BrNO2S2/c1-2-25-22(26)21(29-23(25)28)13-15-10-11-20(19(24)12-15)27-14-17-8-5-7-16-6-3-4-9-18(16)17/h3-13H,2,14H2,1H3/b21-13-. The number of halogens is 1. The molecule has 1 fully saturated rings. The number of ether oxygens (including phenoxy) is 1. The summed E-state index contributed by atoms with van der Waals surface area (Å²) < 4.78 is 7.51. The molecule has 4 rings (SSSR count). The van der Waals surface area contributed by atoms with E-state index in [9.17, 15) is 4.79 Å². The van der Waals surface area contributed by atoms with E-state index in [1.54, 1.807) is 4.90 Å². The van der Waals surface area contributed by atoms with Crippen LogP contribution in [0.3, 0.4) is 0 Å². The Morgan fingerprint density at radius 3 is 2.69 bits per heavy atom. The van der Waals surface area contributed by atoms with Crippen LogP contribution in [-0.2, 0) is 11.4 Å². The highest BCUT2D eigenvalue weighted by molar-refractivity contribution is 9.10. The zero-order chi connectivity index (χ0) is 20.4. The maximum atomic E-state index is 12.4. The molecule has 3 aromatic carbocycles. The Balaban J connectivity index is 1.51. The van der Waals surface area contributed by atoms with Crippen LogP contribution in [0.15, 0.2) is 70.0 Å². The van der Waals surface area contributed by atoms with Gasteiger partial charge in [0, 0.05) is 6.54 Å². The number of benzene rings is 3. The molecule has 0 atom stereocenters. The average molecular weight is 484 g/mol. The number of carbonyl (C=O) groups is 1. The van der Waals surface area contributed by atoms with Crippen LogP contribution in [0.2, 0.25) is 0 Å². The van der Waals surface area contributed by atoms with Gasteiger partial charge in [-0.3, -0.25) is 9.69 Å². The zero-order valence-electron chi connectivity index (χ0n) is 15.7. The number of fused-ring (bicyclic) bond motifs is 1. The molecule has 0 aliphatic carbocycles. The second kappa shape index (κ2) is 8.69. The van der Waals surface area contributed by atoms with Gasteiger partial charge in [-0.1, -0.05) is 72.5 Å². The van der Waals surface area contributed by atoms with Gasteiger partial charge in [0.1, 0.15) is 16.7 Å². The number of thiocarbonyl (C=S) groups is 1. The van der Waals surface area contributed by atoms with Crippen molar-refractivity contribution in [2.45, 2.75) is 13.5 Å². The van der Waals surface area contributed by atoms with E-state index in [4.69, 9.17) is 17.0 Å². The molecule has 0 spiro atoms. The predicted octanol–water partition coefficient (Wildman–Crippen LogP) is 6.40. The van der Waals surface area contributed by atoms with Crippen LogP contribution in [0.1, 0.15) is 18.1 Å². The fraction of sp³-hybridized carbons (Fsp3) is 0.130. The lowest BCUT2D eigenvalue weighted by atomic mass is 10.1. The number of rotatable bonds is 5. The molecule has 1 amide bonds. The Hall–Kier alpha value is -2.15. The zero-order valence-corrected chi connectivity index (χ0v) is 18.9. The van der Waals surface area contributed by atoms with Crippen LogP contribution in [0.25, 0.3) is 16.8 Å². The normalized spacial score (nSPS) is 15.5. The van der Waals surface area contributed by atoms with Gasteiger partial charge in [0.05, 0.1) is 9.38 Å². The van der Waals surface area contributed by atoms with E-state index in [0.717, 1.165) is 21.3 Å². The topological polar surface area (TPSA) is 29.5 Å². The highest BCUT2D eigenvalue weighted by Crippen LogP contribution is 2.34. The molecule has 0 N–H and O–H groups in total. The molecule has 0 radical (unpaired) electrons. The SMILES string of the molecule is CCN1C(=O)/C(=C/c2ccc(OCc3cccc4ccccc34)c(Br)c2)SC1=S. The summed E-state index contributed by atoms with van der Waals surface area (Å²) in [6, 6.07) is 20.3. The first-order valence-electron chi connectivity index (χ1n) is 9.21. The summed E-state index contributed by atoms with van der Waals surface area (Å²) in [6.45, 7) is 2.99. The summed E-state index contributed by atoms with van der Waals surface area (Å²) in [5.74, 6) is 0.728. The van der Waals surface area contributed by atoms with Crippen molar-refractivity contribution in [2.75, 3.05) is 6.54 Å². The van der Waals surface area contributed by atoms with Gasteiger partial charge in [-0.2, -0.15) is 0 Å². The molecule has 146 valence electrons. The fourth-order valence-corrected chi connectivity index (χ4v) is 5.12. The Morgan fingerprint density at radius 1 is 1.14 bits per heavy atom. The largest absolute Gasteiger partial charge is 0.488 e. The molecule has 6 heteroatoms. The number of hydrogen-bond acceptors (Lipinski definition) is 4. The highest BCUT2D eigenvalue weighted by Gasteiger charge is 2.30. The molecule has 0 unspecified atom stereocenters. The number of thioether (sulfide) groups is 1. The first-order chi connectivity index (χ1) is 14.1. The molecular formula is C23H18BrNO2S2. The third-order valence-electron chi connectivity index (χ3n) is 4.71. The Bertz CT molecular complexity index is 1140. The van der Waals surface area contributed by atoms with Gasteiger partial charge in [-0.05, 0) is 63.0 Å². The Labute approximate surface area is 187 Å². The quantitative estimate of drug-likeness (QED) is 0.310. The van der Waals surface area contributed by atoms with Gasteiger partial charge in [0.2, 0.25) is 0 Å². The van der Waals surface area contributed by atoms with Gasteiger partial charge in [0.15, 0.2) is 0 Å². The van der Waals surface area contributed by atoms with Crippen LogP contribution in [0.4, 0.5) is 0 Å². The molecule has 1 aliphatic rings. The van der Waals surface area contributed by atoms with E-state index in [-0.39, 0.29) is 5.91 Å². The first-order valence-corrected chi connectivity index (χ1v) is 11.2. The van der Waals surface area contributed by atoms with Gasteiger partial charge < -0.3 is 4.74 Å². The minimum absolute atomic E-state index is 0.0325. The van der Waals surface area contributed by atoms with E-state index in [2.05, 4.69) is 40.2 Å². The summed E-state index contributed by atoms with van der Waals surface area (Å²) in [5, 5.41) is 2.40. The van der Waals surface area contributed by atoms with Crippen molar-refractivity contribution in [3.8, 4) is 5.75 Å². The van der Waals surface area contributed by atoms with E-state index in [1.807, 2.05) is 49.4 Å². The average Bonchev–Trinajstić information content (AvgIpc) is 2.99. The van der Waals surface area contributed by atoms with Crippen molar-refractivity contribution in [3.63, 3.8) is 0 Å². The monoisotopic (exact) mass is 483 g/mol. The van der Waals surface area contributed by atoms with Crippen molar-refractivity contribution in [3.05, 3.63) is 81.2 Å². The highest BCUT2D eigenvalue weighted by atomic mass is 79.9. The third kappa shape index (κ3) is 4.25. The fourth-order valence-electron chi connectivity index (χ4n) is 3.22. The molecule has 3 aromatic rings. The van der Waals surface area contributed by atoms with Crippen molar-refractivity contribution in [1.29, 1.82) is 0 Å². The number of likely N-dealkylation sites (N-methyl/N-ethyl adjacent to an activating group) is 1. The molecule has 1 heterocycles. The molecular weight excluding hydrogens is 466 g/mol. The molecule has 1 aliphatic heterocycles. The van der Waals surface area contributed by atoms with E-state index < -0.39 is 0 Å². The Morgan fingerprint density at radius 2 is 1.93 bits per heavy atom. The molecule has 29 heavy (non-hydrogen) atoms. The minimum Gasteiger partial charge on any atom is -0.488 e. The van der Waals surface area contributed by atoms with E-state index >= 15 is 0 Å². The Kier molecular flexibility index (Phi) is 6.04. The van der Waals surface area contributed by atoms with Gasteiger partial charge in [-0.25, -0.2) is 0 Å². The summed E-state index contributed by atoms with van der Waals surface area (Å²) >= 11 is 10.2. The number of nitrogens with zero attached hydrogens (tertiary/aromatic N) is 1. The maximum absolute atomic E-state index is 12.4. The minimum atomic E-state index is -0.0325. The van der Waals surface area contributed by atoms with Crippen molar-refractivity contribution < 1.29 is 9.53 Å². The smallest absolute Gasteiger partial charge is 0.266 e. The molecule has 0 bridgehead atoms. The molecule has 0 aromatic heterocycles. The summed E-state index contributed by atoms with van der Waals surface area (Å²) in [5.41, 5.74) is 2.06. The van der Waals surface area contributed by atoms with Crippen molar-refractivity contribution in [1.82, 2.24) is 4.90 Å². The van der Waals surface area contributed by atoms with Gasteiger partial charge in [0.25, 0.3) is 5.91 Å². The summed E-state index contributed by atoms with van der Waals surface area (Å²) in [7, 11) is 0. The lowest BCUT2D eigenvalue weighted by molar-refractivity contribution is -0.121. The second-order valence-corrected chi connectivity index (χ2v) is 9.07. The molecule has 1 saturated heterocycles. The summed E-state index contributed by atoms with van der Waals surface area (Å²) in [6.07, 6.45) is 1.87. The van der Waals surface area contributed by atoms with Crippen LogP contribution in [0, 0.1) is 0 Å². The summed E-state index contributed by atoms with van der Waals surface area (Å²) in [4.78, 5) is 14.6. The van der Waals surface area contributed by atoms with Crippen LogP contribution >= 0.6 is 39.9 Å². The van der Waals surface area contributed by atoms with E-state index in [1.165, 1.54) is 22.5 Å². The van der Waals surface area contributed by atoms with Gasteiger partial charge >= 0.3 is 0 Å². The van der Waals surface area contributed by atoms with E-state index in [0.29, 0.717) is 22.4 Å². The molecule has 0 saturated carbocycles. The molecule has 3 nitrogen and oxygen atoms in total. The number of hydrogen-bond donors (Lipinski definition) is 0. The number of carbonyl (C=O) groups excluding carboxylic acids is 1. The number of amides is 1. The lowest BCUT2D eigenvalue weighted by Crippen LogP contribution is -2.27. The van der Waals surface area contributed by atoms with Crippen LogP contribution in [-0.4, -0.2) is 21.7 Å². The van der Waals surface area contributed by atoms with Crippen molar-refractivity contribution in [2.24, 2.45) is 0 Å². The second-order valence-electron chi connectivity index (χ2n) is 6.54.